The number of imidazole rings is 1. The average molecular weight is 233 g/mol. The minimum Gasteiger partial charge on any atom is -0.461 e. The number of carbonyl (C=O) groups excluding carboxylic acids is 2. The predicted molar refractivity (Wildman–Crippen MR) is 59.7 cm³/mol. The minimum absolute atomic E-state index is 0.153. The number of amides is 1. The Morgan fingerprint density at radius 2 is 2.24 bits per heavy atom. The van der Waals surface area contributed by atoms with Gasteiger partial charge in [0.25, 0.3) is 5.91 Å². The predicted octanol–water partition coefficient (Wildman–Crippen LogP) is 0.610. The molecule has 0 atom stereocenters. The highest BCUT2D eigenvalue weighted by molar-refractivity contribution is 5.93. The van der Waals surface area contributed by atoms with Gasteiger partial charge in [0.05, 0.1) is 6.61 Å². The lowest BCUT2D eigenvalue weighted by molar-refractivity contribution is 0.0520. The molecule has 0 saturated carbocycles. The Morgan fingerprint density at radius 1 is 1.47 bits per heavy atom. The van der Waals surface area contributed by atoms with Gasteiger partial charge in [-0.1, -0.05) is 6.07 Å². The Hall–Kier alpha value is -2.37. The van der Waals surface area contributed by atoms with E-state index in [1.165, 1.54) is 10.6 Å². The molecule has 2 aromatic rings. The van der Waals surface area contributed by atoms with E-state index in [0.29, 0.717) is 5.65 Å². The quantitative estimate of drug-likeness (QED) is 0.787. The van der Waals surface area contributed by atoms with Gasteiger partial charge in [0, 0.05) is 6.20 Å². The molecule has 2 rings (SSSR count). The first-order chi connectivity index (χ1) is 8.13. The third kappa shape index (κ3) is 1.96. The number of esters is 1. The smallest absolute Gasteiger partial charge is 0.358 e. The van der Waals surface area contributed by atoms with E-state index in [1.54, 1.807) is 25.1 Å². The van der Waals surface area contributed by atoms with Crippen LogP contribution in [-0.4, -0.2) is 27.9 Å². The number of fused-ring (bicyclic) bond motifs is 1. The van der Waals surface area contributed by atoms with E-state index < -0.39 is 11.9 Å². The molecule has 0 aliphatic carbocycles. The first-order valence-electron chi connectivity index (χ1n) is 5.08. The second-order valence-corrected chi connectivity index (χ2v) is 3.35. The molecule has 0 spiro atoms. The monoisotopic (exact) mass is 233 g/mol. The zero-order valence-corrected chi connectivity index (χ0v) is 9.21. The molecule has 0 bridgehead atoms. The zero-order valence-electron chi connectivity index (χ0n) is 9.21. The SMILES string of the molecule is CCOC(=O)c1cn2c(C(N)=O)cccc2n1. The first kappa shape index (κ1) is 11.1. The highest BCUT2D eigenvalue weighted by Gasteiger charge is 2.14. The van der Waals surface area contributed by atoms with E-state index in [4.69, 9.17) is 10.5 Å². The number of carbonyl (C=O) groups is 2. The largest absolute Gasteiger partial charge is 0.461 e. The molecular weight excluding hydrogens is 222 g/mol. The van der Waals surface area contributed by atoms with Crippen LogP contribution >= 0.6 is 0 Å². The fraction of sp³-hybridized carbons (Fsp3) is 0.182. The van der Waals surface area contributed by atoms with Gasteiger partial charge in [0.2, 0.25) is 0 Å². The minimum atomic E-state index is -0.580. The van der Waals surface area contributed by atoms with Crippen molar-refractivity contribution in [1.82, 2.24) is 9.38 Å². The number of nitrogens with two attached hydrogens (primary N) is 1. The molecule has 6 nitrogen and oxygen atoms in total. The third-order valence-electron chi connectivity index (χ3n) is 2.23. The Bertz CT molecular complexity index is 589. The molecule has 0 aliphatic rings. The Morgan fingerprint density at radius 3 is 2.88 bits per heavy atom. The maximum atomic E-state index is 11.5. The van der Waals surface area contributed by atoms with Crippen LogP contribution in [0.5, 0.6) is 0 Å². The first-order valence-corrected chi connectivity index (χ1v) is 5.08. The summed E-state index contributed by atoms with van der Waals surface area (Å²) >= 11 is 0. The molecule has 17 heavy (non-hydrogen) atoms. The van der Waals surface area contributed by atoms with Gasteiger partial charge in [0.15, 0.2) is 5.69 Å². The molecule has 0 aliphatic heterocycles. The van der Waals surface area contributed by atoms with Crippen LogP contribution in [0.2, 0.25) is 0 Å². The van der Waals surface area contributed by atoms with E-state index in [-0.39, 0.29) is 18.0 Å². The van der Waals surface area contributed by atoms with Crippen LogP contribution in [0.25, 0.3) is 5.65 Å². The van der Waals surface area contributed by atoms with E-state index in [2.05, 4.69) is 4.98 Å². The van der Waals surface area contributed by atoms with Crippen LogP contribution in [0.4, 0.5) is 0 Å². The fourth-order valence-corrected chi connectivity index (χ4v) is 1.51. The van der Waals surface area contributed by atoms with Crippen molar-refractivity contribution >= 4 is 17.5 Å². The second kappa shape index (κ2) is 4.25. The van der Waals surface area contributed by atoms with Crippen molar-refractivity contribution in [2.75, 3.05) is 6.61 Å². The summed E-state index contributed by atoms with van der Waals surface area (Å²) in [6.45, 7) is 1.98. The van der Waals surface area contributed by atoms with Crippen LogP contribution in [0, 0.1) is 0 Å². The van der Waals surface area contributed by atoms with E-state index in [0.717, 1.165) is 0 Å². The Balaban J connectivity index is 2.54. The third-order valence-corrected chi connectivity index (χ3v) is 2.23. The summed E-state index contributed by atoms with van der Waals surface area (Å²) in [5, 5.41) is 0. The Labute approximate surface area is 97.0 Å². The van der Waals surface area contributed by atoms with Crippen LogP contribution in [0.3, 0.4) is 0 Å². The maximum absolute atomic E-state index is 11.5. The van der Waals surface area contributed by atoms with Gasteiger partial charge in [-0.05, 0) is 19.1 Å². The number of hydrogen-bond acceptors (Lipinski definition) is 4. The molecule has 2 N–H and O–H groups in total. The molecule has 88 valence electrons. The van der Waals surface area contributed by atoms with Crippen LogP contribution < -0.4 is 5.73 Å². The lowest BCUT2D eigenvalue weighted by Gasteiger charge is -1.98. The van der Waals surface area contributed by atoms with Gasteiger partial charge in [-0.2, -0.15) is 0 Å². The number of pyridine rings is 1. The number of aromatic nitrogens is 2. The van der Waals surface area contributed by atoms with Gasteiger partial charge >= 0.3 is 5.97 Å². The zero-order chi connectivity index (χ0) is 12.4. The molecule has 0 aromatic carbocycles. The van der Waals surface area contributed by atoms with Gasteiger partial charge in [-0.25, -0.2) is 9.78 Å². The number of nitrogens with zero attached hydrogens (tertiary/aromatic N) is 2. The second-order valence-electron chi connectivity index (χ2n) is 3.35. The lowest BCUT2D eigenvalue weighted by Crippen LogP contribution is -2.14. The standard InChI is InChI=1S/C11H11N3O3/c1-2-17-11(16)7-6-14-8(10(12)15)4-3-5-9(14)13-7/h3-6H,2H2,1H3,(H2,12,15). The maximum Gasteiger partial charge on any atom is 0.358 e. The number of hydrogen-bond donors (Lipinski definition) is 1. The van der Waals surface area contributed by atoms with Crippen molar-refractivity contribution in [2.45, 2.75) is 6.92 Å². The topological polar surface area (TPSA) is 86.7 Å². The average Bonchev–Trinajstić information content (AvgIpc) is 2.72. The highest BCUT2D eigenvalue weighted by Crippen LogP contribution is 2.09. The highest BCUT2D eigenvalue weighted by atomic mass is 16.5. The van der Waals surface area contributed by atoms with Gasteiger partial charge in [0.1, 0.15) is 11.3 Å². The van der Waals surface area contributed by atoms with Gasteiger partial charge in [-0.3, -0.25) is 9.20 Å². The molecule has 2 heterocycles. The molecule has 0 fully saturated rings. The van der Waals surface area contributed by atoms with Crippen LogP contribution in [0.1, 0.15) is 27.9 Å². The van der Waals surface area contributed by atoms with Crippen LogP contribution in [0.15, 0.2) is 24.4 Å². The molecular formula is C11H11N3O3. The summed E-state index contributed by atoms with van der Waals surface area (Å²) in [7, 11) is 0. The fourth-order valence-electron chi connectivity index (χ4n) is 1.51. The molecule has 6 heteroatoms. The molecule has 0 radical (unpaired) electrons. The summed E-state index contributed by atoms with van der Waals surface area (Å²) in [5.74, 6) is -1.10. The summed E-state index contributed by atoms with van der Waals surface area (Å²) in [5.41, 5.74) is 6.12. The summed E-state index contributed by atoms with van der Waals surface area (Å²) < 4.78 is 6.29. The summed E-state index contributed by atoms with van der Waals surface area (Å²) in [6, 6.07) is 4.89. The molecule has 2 aromatic heterocycles. The van der Waals surface area contributed by atoms with Crippen molar-refractivity contribution in [3.8, 4) is 0 Å². The van der Waals surface area contributed by atoms with E-state index in [1.807, 2.05) is 0 Å². The van der Waals surface area contributed by atoms with Crippen LogP contribution in [-0.2, 0) is 4.74 Å². The van der Waals surface area contributed by atoms with Gasteiger partial charge < -0.3 is 10.5 Å². The van der Waals surface area contributed by atoms with Crippen molar-refractivity contribution in [2.24, 2.45) is 5.73 Å². The number of ether oxygens (including phenoxy) is 1. The molecule has 0 unspecified atom stereocenters. The molecule has 1 amide bonds. The van der Waals surface area contributed by atoms with E-state index in [9.17, 15) is 9.59 Å². The number of rotatable bonds is 3. The normalized spacial score (nSPS) is 10.4. The van der Waals surface area contributed by atoms with E-state index >= 15 is 0 Å². The summed E-state index contributed by atoms with van der Waals surface area (Å²) in [4.78, 5) is 26.7. The number of primary amides is 1. The van der Waals surface area contributed by atoms with Crippen molar-refractivity contribution in [1.29, 1.82) is 0 Å². The Kier molecular flexibility index (Phi) is 2.78. The molecule has 0 saturated heterocycles. The van der Waals surface area contributed by atoms with Crippen molar-refractivity contribution in [3.63, 3.8) is 0 Å². The van der Waals surface area contributed by atoms with Crippen molar-refractivity contribution < 1.29 is 14.3 Å². The summed E-state index contributed by atoms with van der Waals surface area (Å²) in [6.07, 6.45) is 1.44. The lowest BCUT2D eigenvalue weighted by atomic mass is 10.3. The van der Waals surface area contributed by atoms with Crippen molar-refractivity contribution in [3.05, 3.63) is 35.8 Å². The van der Waals surface area contributed by atoms with Gasteiger partial charge in [-0.15, -0.1) is 0 Å².